The molecule has 0 radical (unpaired) electrons. The molecule has 154 valence electrons. The van der Waals surface area contributed by atoms with Crippen molar-refractivity contribution in [1.82, 2.24) is 15.4 Å². The minimum absolute atomic E-state index is 0.0395. The summed E-state index contributed by atoms with van der Waals surface area (Å²) in [5.74, 6) is -0.289. The number of hydrazine groups is 1. The maximum Gasteiger partial charge on any atom is 0.283 e. The number of para-hydroxylation sites is 2. The first kappa shape index (κ1) is 19.5. The fourth-order valence-corrected chi connectivity index (χ4v) is 3.40. The molecule has 1 atom stereocenters. The lowest BCUT2D eigenvalue weighted by molar-refractivity contribution is -0.131. The molecule has 8 heteroatoms. The lowest BCUT2D eigenvalue weighted by Crippen LogP contribution is -2.50. The zero-order valence-corrected chi connectivity index (χ0v) is 16.4. The first-order valence-corrected chi connectivity index (χ1v) is 9.37. The summed E-state index contributed by atoms with van der Waals surface area (Å²) < 4.78 is 26.2. The molecular weight excluding hydrogens is 389 g/mol. The van der Waals surface area contributed by atoms with Crippen molar-refractivity contribution in [3.05, 3.63) is 77.4 Å². The van der Waals surface area contributed by atoms with Crippen molar-refractivity contribution in [2.75, 3.05) is 6.61 Å². The van der Waals surface area contributed by atoms with Crippen LogP contribution < -0.4 is 20.3 Å². The van der Waals surface area contributed by atoms with Gasteiger partial charge in [0, 0.05) is 17.1 Å². The molecule has 1 aliphatic rings. The van der Waals surface area contributed by atoms with Gasteiger partial charge in [0.1, 0.15) is 12.4 Å². The maximum atomic E-state index is 13.2. The first-order valence-electron chi connectivity index (χ1n) is 9.37. The summed E-state index contributed by atoms with van der Waals surface area (Å²) in [6, 6.07) is 14.7. The molecule has 0 saturated carbocycles. The molecule has 7 nitrogen and oxygen atoms in total. The molecule has 2 N–H and O–H groups in total. The number of amides is 2. The molecule has 0 spiro atoms. The van der Waals surface area contributed by atoms with E-state index in [-0.39, 0.29) is 12.4 Å². The van der Waals surface area contributed by atoms with Gasteiger partial charge in [-0.2, -0.15) is 0 Å². The number of halogens is 1. The van der Waals surface area contributed by atoms with Gasteiger partial charge < -0.3 is 14.0 Å². The highest BCUT2D eigenvalue weighted by Gasteiger charge is 2.28. The Labute approximate surface area is 172 Å². The van der Waals surface area contributed by atoms with Gasteiger partial charge in [-0.15, -0.1) is 0 Å². The van der Waals surface area contributed by atoms with E-state index in [4.69, 9.17) is 9.47 Å². The molecule has 4 rings (SSSR count). The summed E-state index contributed by atoms with van der Waals surface area (Å²) >= 11 is 0. The van der Waals surface area contributed by atoms with E-state index in [1.165, 1.54) is 12.1 Å². The fraction of sp³-hybridized carbons (Fsp3) is 0.182. The van der Waals surface area contributed by atoms with Gasteiger partial charge in [-0.25, -0.2) is 4.39 Å². The largest absolute Gasteiger partial charge is 0.485 e. The molecule has 1 unspecified atom stereocenters. The second-order valence-electron chi connectivity index (χ2n) is 6.90. The smallest absolute Gasteiger partial charge is 0.283 e. The summed E-state index contributed by atoms with van der Waals surface area (Å²) in [5.41, 5.74) is 7.39. The van der Waals surface area contributed by atoms with Gasteiger partial charge in [0.15, 0.2) is 11.5 Å². The summed E-state index contributed by atoms with van der Waals surface area (Å²) in [4.78, 5) is 25.0. The minimum atomic E-state index is -0.883. The second kappa shape index (κ2) is 7.90. The van der Waals surface area contributed by atoms with Gasteiger partial charge >= 0.3 is 0 Å². The number of aromatic nitrogens is 1. The first-order chi connectivity index (χ1) is 14.4. The van der Waals surface area contributed by atoms with Gasteiger partial charge in [-0.05, 0) is 56.3 Å². The number of benzene rings is 2. The van der Waals surface area contributed by atoms with E-state index in [1.807, 2.05) is 17.6 Å². The number of ether oxygens (including phenoxy) is 2. The lowest BCUT2D eigenvalue weighted by atomic mass is 10.2. The van der Waals surface area contributed by atoms with E-state index in [1.54, 1.807) is 43.3 Å². The van der Waals surface area contributed by atoms with Crippen LogP contribution >= 0.6 is 0 Å². The fourth-order valence-electron chi connectivity index (χ4n) is 3.40. The number of rotatable bonds is 3. The standard InChI is InChI=1S/C22H20FN3O4/c1-13-11-17(14(2)26(13)16-9-7-15(23)8-10-16)21(27)24-25-22(28)20-12-29-18-5-3-4-6-19(18)30-20/h3-11,20H,12H2,1-2H3,(H,24,27)(H,25,28). The van der Waals surface area contributed by atoms with Gasteiger partial charge in [-0.1, -0.05) is 12.1 Å². The van der Waals surface area contributed by atoms with Crippen molar-refractivity contribution in [2.45, 2.75) is 20.0 Å². The molecular formula is C22H20FN3O4. The number of carbonyl (C=O) groups is 2. The Morgan fingerprint density at radius 3 is 2.47 bits per heavy atom. The number of hydrogen-bond acceptors (Lipinski definition) is 4. The third-order valence-corrected chi connectivity index (χ3v) is 4.86. The van der Waals surface area contributed by atoms with E-state index in [0.29, 0.717) is 22.8 Å². The van der Waals surface area contributed by atoms with Crippen LogP contribution in [0.4, 0.5) is 4.39 Å². The molecule has 0 fully saturated rings. The second-order valence-corrected chi connectivity index (χ2v) is 6.90. The molecule has 0 saturated heterocycles. The predicted molar refractivity (Wildman–Crippen MR) is 107 cm³/mol. The Morgan fingerprint density at radius 1 is 1.03 bits per heavy atom. The van der Waals surface area contributed by atoms with E-state index >= 15 is 0 Å². The maximum absolute atomic E-state index is 13.2. The van der Waals surface area contributed by atoms with Crippen LogP contribution in [-0.4, -0.2) is 29.1 Å². The molecule has 30 heavy (non-hydrogen) atoms. The van der Waals surface area contributed by atoms with Crippen LogP contribution in [0.25, 0.3) is 5.69 Å². The number of nitrogens with one attached hydrogen (secondary N) is 2. The van der Waals surface area contributed by atoms with Crippen molar-refractivity contribution in [3.8, 4) is 17.2 Å². The Hall–Kier alpha value is -3.81. The highest BCUT2D eigenvalue weighted by Crippen LogP contribution is 2.30. The van der Waals surface area contributed by atoms with Crippen LogP contribution in [0, 0.1) is 19.7 Å². The Bertz CT molecular complexity index is 1110. The van der Waals surface area contributed by atoms with Crippen LogP contribution in [0.1, 0.15) is 21.7 Å². The third-order valence-electron chi connectivity index (χ3n) is 4.86. The van der Waals surface area contributed by atoms with Crippen molar-refractivity contribution < 1.29 is 23.5 Å². The van der Waals surface area contributed by atoms with Crippen molar-refractivity contribution in [1.29, 1.82) is 0 Å². The zero-order chi connectivity index (χ0) is 21.3. The molecule has 2 heterocycles. The van der Waals surface area contributed by atoms with Gasteiger partial charge in [0.2, 0.25) is 6.10 Å². The van der Waals surface area contributed by atoms with E-state index in [2.05, 4.69) is 10.9 Å². The molecule has 2 amide bonds. The number of nitrogens with zero attached hydrogens (tertiary/aromatic N) is 1. The Balaban J connectivity index is 1.43. The van der Waals surface area contributed by atoms with E-state index in [0.717, 1.165) is 11.4 Å². The van der Waals surface area contributed by atoms with Crippen LogP contribution in [0.15, 0.2) is 54.6 Å². The topological polar surface area (TPSA) is 81.6 Å². The van der Waals surface area contributed by atoms with Gasteiger partial charge in [-0.3, -0.25) is 20.4 Å². The summed E-state index contributed by atoms with van der Waals surface area (Å²) in [5, 5.41) is 0. The third kappa shape index (κ3) is 3.71. The Morgan fingerprint density at radius 2 is 1.73 bits per heavy atom. The van der Waals surface area contributed by atoms with Crippen LogP contribution in [0.2, 0.25) is 0 Å². The van der Waals surface area contributed by atoms with E-state index < -0.39 is 17.9 Å². The highest BCUT2D eigenvalue weighted by molar-refractivity contribution is 5.97. The summed E-state index contributed by atoms with van der Waals surface area (Å²) in [6.45, 7) is 3.66. The van der Waals surface area contributed by atoms with Crippen molar-refractivity contribution in [2.24, 2.45) is 0 Å². The van der Waals surface area contributed by atoms with Crippen molar-refractivity contribution >= 4 is 11.8 Å². The predicted octanol–water partition coefficient (Wildman–Crippen LogP) is 2.83. The molecule has 3 aromatic rings. The zero-order valence-electron chi connectivity index (χ0n) is 16.4. The molecule has 2 aromatic carbocycles. The van der Waals surface area contributed by atoms with Gasteiger partial charge in [0.05, 0.1) is 5.56 Å². The highest BCUT2D eigenvalue weighted by atomic mass is 19.1. The summed E-state index contributed by atoms with van der Waals surface area (Å²) in [7, 11) is 0. The average Bonchev–Trinajstić information content (AvgIpc) is 3.06. The van der Waals surface area contributed by atoms with Crippen LogP contribution in [0.5, 0.6) is 11.5 Å². The lowest BCUT2D eigenvalue weighted by Gasteiger charge is -2.25. The monoisotopic (exact) mass is 409 g/mol. The SMILES string of the molecule is Cc1cc(C(=O)NNC(=O)C2COc3ccccc3O2)c(C)n1-c1ccc(F)cc1. The number of carbonyl (C=O) groups excluding carboxylic acids is 2. The molecule has 1 aromatic heterocycles. The number of hydrogen-bond donors (Lipinski definition) is 2. The molecule has 0 bridgehead atoms. The van der Waals surface area contributed by atoms with Crippen LogP contribution in [-0.2, 0) is 4.79 Å². The molecule has 0 aliphatic carbocycles. The quantitative estimate of drug-likeness (QED) is 0.652. The van der Waals surface area contributed by atoms with E-state index in [9.17, 15) is 14.0 Å². The normalized spacial score (nSPS) is 14.8. The number of aryl methyl sites for hydroxylation is 1. The summed E-state index contributed by atoms with van der Waals surface area (Å²) in [6.07, 6.45) is -0.883. The number of fused-ring (bicyclic) bond motifs is 1. The average molecular weight is 409 g/mol. The minimum Gasteiger partial charge on any atom is -0.485 e. The molecule has 1 aliphatic heterocycles. The van der Waals surface area contributed by atoms with Crippen LogP contribution in [0.3, 0.4) is 0 Å². The Kier molecular flexibility index (Phi) is 5.14. The van der Waals surface area contributed by atoms with Gasteiger partial charge in [0.25, 0.3) is 11.8 Å². The van der Waals surface area contributed by atoms with Crippen molar-refractivity contribution in [3.63, 3.8) is 0 Å².